The highest BCUT2D eigenvalue weighted by Crippen LogP contribution is 2.48. The first kappa shape index (κ1) is 21.2. The van der Waals surface area contributed by atoms with E-state index in [1.54, 1.807) is 29.2 Å². The zero-order valence-electron chi connectivity index (χ0n) is 17.4. The van der Waals surface area contributed by atoms with E-state index in [9.17, 15) is 23.2 Å². The summed E-state index contributed by atoms with van der Waals surface area (Å²) >= 11 is 0. The Morgan fingerprint density at radius 3 is 2.68 bits per heavy atom. The summed E-state index contributed by atoms with van der Waals surface area (Å²) in [5.41, 5.74) is 0.874. The molecule has 31 heavy (non-hydrogen) atoms. The second kappa shape index (κ2) is 7.90. The molecule has 0 spiro atoms. The second-order valence-electron chi connectivity index (χ2n) is 8.33. The predicted octanol–water partition coefficient (Wildman–Crippen LogP) is 1.55. The summed E-state index contributed by atoms with van der Waals surface area (Å²) < 4.78 is 27.5. The van der Waals surface area contributed by atoms with Crippen LogP contribution in [-0.4, -0.2) is 64.0 Å². The van der Waals surface area contributed by atoms with Crippen molar-refractivity contribution in [3.05, 3.63) is 30.0 Å². The van der Waals surface area contributed by atoms with Crippen LogP contribution in [0, 0.1) is 5.92 Å². The quantitative estimate of drug-likeness (QED) is 0.693. The van der Waals surface area contributed by atoms with Crippen molar-refractivity contribution in [2.45, 2.75) is 50.7 Å². The summed E-state index contributed by atoms with van der Waals surface area (Å²) in [6.45, 7) is 0.550. The number of nitrogens with zero attached hydrogens (tertiary/aromatic N) is 3. The van der Waals surface area contributed by atoms with Gasteiger partial charge >= 0.3 is 0 Å². The molecular weight excluding hydrogens is 408 g/mol. The van der Waals surface area contributed by atoms with Gasteiger partial charge in [0.25, 0.3) is 5.91 Å². The lowest BCUT2D eigenvalue weighted by atomic mass is 10.1. The van der Waals surface area contributed by atoms with Gasteiger partial charge in [-0.2, -0.15) is 5.10 Å². The monoisotopic (exact) mass is 433 g/mol. The summed E-state index contributed by atoms with van der Waals surface area (Å²) in [6, 6.07) is 6.46. The molecule has 0 unspecified atom stereocenters. The maximum absolute atomic E-state index is 13.2. The number of piperidine rings is 1. The van der Waals surface area contributed by atoms with Crippen LogP contribution in [0.2, 0.25) is 0 Å². The van der Waals surface area contributed by atoms with Crippen LogP contribution in [0.5, 0.6) is 0 Å². The normalized spacial score (nSPS) is 22.3. The molecule has 2 heterocycles. The Bertz CT molecular complexity index is 1030. The minimum Gasteiger partial charge on any atom is -0.354 e. The summed E-state index contributed by atoms with van der Waals surface area (Å²) in [5, 5.41) is 10.0. The molecule has 0 radical (unpaired) electrons. The highest BCUT2D eigenvalue weighted by atomic mass is 19.3. The maximum Gasteiger partial charge on any atom is 0.272 e. The van der Waals surface area contributed by atoms with E-state index in [-0.39, 0.29) is 42.6 Å². The van der Waals surface area contributed by atoms with E-state index in [0.717, 1.165) is 13.3 Å². The number of aromatic nitrogens is 2. The van der Waals surface area contributed by atoms with Crippen LogP contribution in [0.4, 0.5) is 8.78 Å². The molecule has 1 aromatic carbocycles. The van der Waals surface area contributed by atoms with E-state index in [1.165, 1.54) is 11.7 Å². The number of fused-ring (bicyclic) bond motifs is 2. The molecule has 0 bridgehead atoms. The minimum atomic E-state index is -2.86. The van der Waals surface area contributed by atoms with Crippen molar-refractivity contribution in [2.24, 2.45) is 5.92 Å². The Kier molecular flexibility index (Phi) is 5.40. The number of para-hydroxylation sites is 1. The van der Waals surface area contributed by atoms with Gasteiger partial charge in [0.05, 0.1) is 5.52 Å². The highest BCUT2D eigenvalue weighted by Gasteiger charge is 2.56. The fraction of sp³-hybridized carbons (Fsp3) is 0.524. The van der Waals surface area contributed by atoms with Crippen molar-refractivity contribution in [1.82, 2.24) is 25.3 Å². The lowest BCUT2D eigenvalue weighted by molar-refractivity contribution is -0.140. The third kappa shape index (κ3) is 4.24. The van der Waals surface area contributed by atoms with E-state index in [0.29, 0.717) is 17.3 Å². The van der Waals surface area contributed by atoms with Crippen LogP contribution in [0.1, 0.15) is 36.7 Å². The summed E-state index contributed by atoms with van der Waals surface area (Å²) in [6.07, 6.45) is 0.924. The number of amides is 3. The van der Waals surface area contributed by atoms with Crippen LogP contribution in [0.15, 0.2) is 24.3 Å². The summed E-state index contributed by atoms with van der Waals surface area (Å²) in [7, 11) is 1.51. The third-order valence-corrected chi connectivity index (χ3v) is 5.94. The van der Waals surface area contributed by atoms with Crippen molar-refractivity contribution in [2.75, 3.05) is 13.6 Å². The van der Waals surface area contributed by atoms with Crippen LogP contribution in [0.25, 0.3) is 10.9 Å². The fourth-order valence-electron chi connectivity index (χ4n) is 4.32. The van der Waals surface area contributed by atoms with Crippen molar-refractivity contribution in [3.8, 4) is 0 Å². The number of hydrogen-bond acceptors (Lipinski definition) is 4. The Balaban J connectivity index is 1.50. The number of carbonyl (C=O) groups excluding carboxylic acids is 3. The molecule has 1 saturated heterocycles. The van der Waals surface area contributed by atoms with Crippen LogP contribution in [0.3, 0.4) is 0 Å². The molecule has 1 aliphatic carbocycles. The minimum absolute atomic E-state index is 0.00361. The lowest BCUT2D eigenvalue weighted by Crippen LogP contribution is -2.49. The van der Waals surface area contributed by atoms with E-state index in [1.807, 2.05) is 0 Å². The van der Waals surface area contributed by atoms with Gasteiger partial charge in [-0.3, -0.25) is 19.1 Å². The number of rotatable bonds is 7. The number of carbonyl (C=O) groups is 3. The van der Waals surface area contributed by atoms with Gasteiger partial charge in [0.2, 0.25) is 17.7 Å². The van der Waals surface area contributed by atoms with Gasteiger partial charge in [0, 0.05) is 31.4 Å². The lowest BCUT2D eigenvalue weighted by Gasteiger charge is -2.27. The molecule has 1 aliphatic heterocycles. The van der Waals surface area contributed by atoms with E-state index >= 15 is 0 Å². The van der Waals surface area contributed by atoms with Gasteiger partial charge in [-0.1, -0.05) is 18.2 Å². The van der Waals surface area contributed by atoms with Crippen LogP contribution < -0.4 is 10.6 Å². The molecular formula is C21H25F2N5O3. The number of alkyl halides is 2. The Morgan fingerprint density at radius 1 is 1.23 bits per heavy atom. The number of nitrogens with one attached hydrogen (secondary N) is 2. The van der Waals surface area contributed by atoms with E-state index in [2.05, 4.69) is 15.7 Å². The summed E-state index contributed by atoms with van der Waals surface area (Å²) in [4.78, 5) is 39.5. The number of likely N-dealkylation sites (tertiary alicyclic amines) is 1. The molecule has 3 atom stereocenters. The SMILES string of the molecule is CNC(=O)c1nn(CC(=O)N2[C@@H]3C[C@@H]3C[C@H]2C(=O)NCCC(C)(F)F)c2ccccc12. The highest BCUT2D eigenvalue weighted by molar-refractivity contribution is 6.05. The Labute approximate surface area is 177 Å². The van der Waals surface area contributed by atoms with Gasteiger partial charge in [0.15, 0.2) is 5.69 Å². The molecule has 2 N–H and O–H groups in total. The summed E-state index contributed by atoms with van der Waals surface area (Å²) in [5.74, 6) is -3.62. The zero-order valence-corrected chi connectivity index (χ0v) is 17.4. The van der Waals surface area contributed by atoms with Gasteiger partial charge < -0.3 is 15.5 Å². The van der Waals surface area contributed by atoms with Crippen LogP contribution in [-0.2, 0) is 16.1 Å². The van der Waals surface area contributed by atoms with Crippen molar-refractivity contribution < 1.29 is 23.2 Å². The molecule has 166 valence electrons. The Hall–Kier alpha value is -3.04. The standard InChI is InChI=1S/C21H25F2N5O3/c1-21(22,23)7-8-25-19(30)16-10-12-9-15(12)28(16)17(29)11-27-14-6-4-3-5-13(14)18(26-27)20(31)24-2/h3-6,12,15-16H,7-11H2,1-2H3,(H,24,31)(H,25,30)/t12-,15-,16+/m1/s1. The second-order valence-corrected chi connectivity index (χ2v) is 8.33. The smallest absolute Gasteiger partial charge is 0.272 e. The number of halogens is 2. The van der Waals surface area contributed by atoms with Crippen molar-refractivity contribution in [1.29, 1.82) is 0 Å². The molecule has 2 fully saturated rings. The topological polar surface area (TPSA) is 96.3 Å². The first-order valence-electron chi connectivity index (χ1n) is 10.3. The predicted molar refractivity (Wildman–Crippen MR) is 109 cm³/mol. The first-order valence-corrected chi connectivity index (χ1v) is 10.3. The average molecular weight is 433 g/mol. The van der Waals surface area contributed by atoms with Gasteiger partial charge in [-0.25, -0.2) is 8.78 Å². The molecule has 3 amide bonds. The van der Waals surface area contributed by atoms with Gasteiger partial charge in [-0.15, -0.1) is 0 Å². The van der Waals surface area contributed by atoms with Gasteiger partial charge in [-0.05, 0) is 31.7 Å². The largest absolute Gasteiger partial charge is 0.354 e. The van der Waals surface area contributed by atoms with Crippen molar-refractivity contribution >= 4 is 28.6 Å². The molecule has 1 aromatic heterocycles. The Morgan fingerprint density at radius 2 is 1.97 bits per heavy atom. The van der Waals surface area contributed by atoms with E-state index < -0.39 is 24.3 Å². The fourth-order valence-corrected chi connectivity index (χ4v) is 4.32. The molecule has 10 heteroatoms. The number of benzene rings is 1. The van der Waals surface area contributed by atoms with Gasteiger partial charge in [0.1, 0.15) is 12.6 Å². The molecule has 1 saturated carbocycles. The van der Waals surface area contributed by atoms with Crippen molar-refractivity contribution in [3.63, 3.8) is 0 Å². The molecule has 8 nitrogen and oxygen atoms in total. The third-order valence-electron chi connectivity index (χ3n) is 5.94. The van der Waals surface area contributed by atoms with E-state index in [4.69, 9.17) is 0 Å². The zero-order chi connectivity index (χ0) is 22.3. The number of hydrogen-bond donors (Lipinski definition) is 2. The first-order chi connectivity index (χ1) is 14.7. The maximum atomic E-state index is 13.2. The molecule has 4 rings (SSSR count). The molecule has 2 aliphatic rings. The van der Waals surface area contributed by atoms with Crippen LogP contribution >= 0.6 is 0 Å². The molecule has 2 aromatic rings. The average Bonchev–Trinajstić information content (AvgIpc) is 3.23.